The lowest BCUT2D eigenvalue weighted by Gasteiger charge is -2.23. The number of hydrogen-bond donors (Lipinski definition) is 1. The van der Waals surface area contributed by atoms with Gasteiger partial charge in [-0.25, -0.2) is 4.39 Å². The molecule has 1 aromatic rings. The van der Waals surface area contributed by atoms with Crippen molar-refractivity contribution < 1.29 is 4.39 Å². The molecule has 118 valence electrons. The van der Waals surface area contributed by atoms with Gasteiger partial charge < -0.3 is 5.32 Å². The summed E-state index contributed by atoms with van der Waals surface area (Å²) in [6.45, 7) is 0.859. The summed E-state index contributed by atoms with van der Waals surface area (Å²) in [4.78, 5) is 6.94. The van der Waals surface area contributed by atoms with E-state index in [1.807, 2.05) is 11.0 Å². The Morgan fingerprint density at radius 1 is 1.32 bits per heavy atom. The van der Waals surface area contributed by atoms with Gasteiger partial charge in [-0.3, -0.25) is 9.89 Å². The van der Waals surface area contributed by atoms with Gasteiger partial charge in [0.2, 0.25) is 0 Å². The van der Waals surface area contributed by atoms with Crippen LogP contribution in [0.5, 0.6) is 0 Å². The summed E-state index contributed by atoms with van der Waals surface area (Å²) in [5.41, 5.74) is 0.680. The molecule has 3 rings (SSSR count). The molecule has 3 nitrogen and oxygen atoms in total. The lowest BCUT2D eigenvalue weighted by molar-refractivity contribution is 0.441. The van der Waals surface area contributed by atoms with Crippen molar-refractivity contribution in [2.75, 3.05) is 17.6 Å². The van der Waals surface area contributed by atoms with Gasteiger partial charge in [-0.1, -0.05) is 37.1 Å². The molecule has 0 amide bonds. The van der Waals surface area contributed by atoms with E-state index in [-0.39, 0.29) is 5.82 Å². The van der Waals surface area contributed by atoms with Gasteiger partial charge in [0.05, 0.1) is 6.04 Å². The van der Waals surface area contributed by atoms with Gasteiger partial charge in [0.25, 0.3) is 0 Å². The SMILES string of the molecule is Fc1cccc(NC(=S)N2CCS/C2=N/C2CCCCC2)c1. The second kappa shape index (κ2) is 7.42. The monoisotopic (exact) mass is 337 g/mol. The van der Waals surface area contributed by atoms with Crippen molar-refractivity contribution in [3.63, 3.8) is 0 Å². The first kappa shape index (κ1) is 15.7. The molecule has 1 saturated carbocycles. The molecular formula is C16H20FN3S2. The van der Waals surface area contributed by atoms with Crippen LogP contribution in [-0.4, -0.2) is 33.5 Å². The van der Waals surface area contributed by atoms with Crippen LogP contribution in [0.4, 0.5) is 10.1 Å². The van der Waals surface area contributed by atoms with Crippen molar-refractivity contribution in [1.29, 1.82) is 0 Å². The fourth-order valence-corrected chi connectivity index (χ4v) is 4.19. The molecule has 0 unspecified atom stereocenters. The molecule has 1 heterocycles. The zero-order valence-corrected chi connectivity index (χ0v) is 14.1. The quantitative estimate of drug-likeness (QED) is 0.816. The largest absolute Gasteiger partial charge is 0.332 e. The number of halogens is 1. The van der Waals surface area contributed by atoms with Gasteiger partial charge in [-0.2, -0.15) is 0 Å². The first-order valence-corrected chi connectivity index (χ1v) is 9.16. The van der Waals surface area contributed by atoms with Gasteiger partial charge in [-0.15, -0.1) is 0 Å². The summed E-state index contributed by atoms with van der Waals surface area (Å²) in [5.74, 6) is 0.732. The average molecular weight is 337 g/mol. The normalized spacial score (nSPS) is 21.3. The molecule has 1 saturated heterocycles. The molecule has 2 aliphatic rings. The summed E-state index contributed by atoms with van der Waals surface area (Å²) in [6, 6.07) is 6.81. The van der Waals surface area contributed by atoms with Gasteiger partial charge >= 0.3 is 0 Å². The van der Waals surface area contributed by atoms with Crippen LogP contribution in [0.1, 0.15) is 32.1 Å². The Morgan fingerprint density at radius 2 is 2.14 bits per heavy atom. The molecule has 0 aromatic heterocycles. The van der Waals surface area contributed by atoms with E-state index >= 15 is 0 Å². The second-order valence-corrected chi connectivity index (χ2v) is 7.09. The van der Waals surface area contributed by atoms with E-state index < -0.39 is 0 Å². The maximum absolute atomic E-state index is 13.3. The Labute approximate surface area is 140 Å². The Bertz CT molecular complexity index is 570. The highest BCUT2D eigenvalue weighted by Gasteiger charge is 2.25. The molecule has 1 aliphatic heterocycles. The van der Waals surface area contributed by atoms with E-state index in [9.17, 15) is 4.39 Å². The van der Waals surface area contributed by atoms with Gasteiger partial charge in [0.1, 0.15) is 5.82 Å². The zero-order valence-electron chi connectivity index (χ0n) is 12.4. The fourth-order valence-electron chi connectivity index (χ4n) is 2.82. The number of hydrogen-bond acceptors (Lipinski definition) is 3. The van der Waals surface area contributed by atoms with Crippen LogP contribution in [0.15, 0.2) is 29.3 Å². The molecule has 0 atom stereocenters. The number of rotatable bonds is 2. The molecule has 0 bridgehead atoms. The van der Waals surface area contributed by atoms with E-state index in [1.165, 1.54) is 44.2 Å². The minimum Gasteiger partial charge on any atom is -0.332 e. The minimum absolute atomic E-state index is 0.264. The van der Waals surface area contributed by atoms with E-state index in [0.29, 0.717) is 16.8 Å². The number of aliphatic imine (C=N–C) groups is 1. The number of anilines is 1. The smallest absolute Gasteiger partial charge is 0.179 e. The van der Waals surface area contributed by atoms with Crippen LogP contribution >= 0.6 is 24.0 Å². The summed E-state index contributed by atoms with van der Waals surface area (Å²) < 4.78 is 13.3. The van der Waals surface area contributed by atoms with Crippen molar-refractivity contribution in [3.05, 3.63) is 30.1 Å². The lowest BCUT2D eigenvalue weighted by Crippen LogP contribution is -2.36. The Morgan fingerprint density at radius 3 is 2.91 bits per heavy atom. The van der Waals surface area contributed by atoms with Crippen LogP contribution in [-0.2, 0) is 0 Å². The van der Waals surface area contributed by atoms with Crippen molar-refractivity contribution in [3.8, 4) is 0 Å². The van der Waals surface area contributed by atoms with E-state index in [2.05, 4.69) is 5.32 Å². The Balaban J connectivity index is 1.66. The number of amidine groups is 1. The molecule has 6 heteroatoms. The predicted octanol–water partition coefficient (Wildman–Crippen LogP) is 4.26. The van der Waals surface area contributed by atoms with E-state index in [1.54, 1.807) is 17.8 Å². The van der Waals surface area contributed by atoms with Crippen molar-refractivity contribution in [2.45, 2.75) is 38.1 Å². The lowest BCUT2D eigenvalue weighted by atomic mass is 9.96. The summed E-state index contributed by atoms with van der Waals surface area (Å²) >= 11 is 7.24. The Hall–Kier alpha value is -1.14. The first-order valence-electron chi connectivity index (χ1n) is 7.77. The molecule has 0 radical (unpaired) electrons. The molecule has 1 aliphatic carbocycles. The summed E-state index contributed by atoms with van der Waals surface area (Å²) in [6.07, 6.45) is 6.25. The molecule has 1 aromatic carbocycles. The highest BCUT2D eigenvalue weighted by Crippen LogP contribution is 2.25. The molecule has 22 heavy (non-hydrogen) atoms. The molecule has 2 fully saturated rings. The number of thiocarbonyl (C=S) groups is 1. The topological polar surface area (TPSA) is 27.6 Å². The fraction of sp³-hybridized carbons (Fsp3) is 0.500. The maximum atomic E-state index is 13.3. The Kier molecular flexibility index (Phi) is 5.31. The van der Waals surface area contributed by atoms with Crippen LogP contribution in [0.25, 0.3) is 0 Å². The summed E-state index contributed by atoms with van der Waals surface area (Å²) in [5, 5.41) is 4.73. The number of nitrogens with one attached hydrogen (secondary N) is 1. The van der Waals surface area contributed by atoms with Crippen LogP contribution < -0.4 is 5.32 Å². The van der Waals surface area contributed by atoms with Crippen LogP contribution in [0, 0.1) is 5.82 Å². The summed E-state index contributed by atoms with van der Waals surface area (Å²) in [7, 11) is 0. The predicted molar refractivity (Wildman–Crippen MR) is 96.1 cm³/mol. The van der Waals surface area contributed by atoms with Crippen molar-refractivity contribution in [1.82, 2.24) is 4.90 Å². The number of thioether (sulfide) groups is 1. The number of nitrogens with zero attached hydrogens (tertiary/aromatic N) is 2. The van der Waals surface area contributed by atoms with E-state index in [4.69, 9.17) is 17.2 Å². The average Bonchev–Trinajstić information content (AvgIpc) is 2.96. The molecule has 1 N–H and O–H groups in total. The molecule has 0 spiro atoms. The highest BCUT2D eigenvalue weighted by molar-refractivity contribution is 8.14. The standard InChI is InChI=1S/C16H20FN3S2/c17-12-5-4-8-14(11-12)18-15(21)20-9-10-22-16(20)19-13-6-2-1-3-7-13/h4-5,8,11,13H,1-3,6-7,9-10H2,(H,18,21)/b19-16+. The third-order valence-corrected chi connectivity index (χ3v) is 5.26. The maximum Gasteiger partial charge on any atom is 0.179 e. The number of benzene rings is 1. The van der Waals surface area contributed by atoms with Crippen molar-refractivity contribution >= 4 is 39.9 Å². The third kappa shape index (κ3) is 3.98. The third-order valence-electron chi connectivity index (χ3n) is 3.97. The van der Waals surface area contributed by atoms with E-state index in [0.717, 1.165) is 17.5 Å². The van der Waals surface area contributed by atoms with Gasteiger partial charge in [0, 0.05) is 18.0 Å². The van der Waals surface area contributed by atoms with Crippen LogP contribution in [0.2, 0.25) is 0 Å². The van der Waals surface area contributed by atoms with Gasteiger partial charge in [0.15, 0.2) is 10.3 Å². The van der Waals surface area contributed by atoms with Crippen LogP contribution in [0.3, 0.4) is 0 Å². The molecular weight excluding hydrogens is 317 g/mol. The zero-order chi connectivity index (χ0) is 15.4. The minimum atomic E-state index is -0.264. The first-order chi connectivity index (χ1) is 10.7. The van der Waals surface area contributed by atoms with Crippen molar-refractivity contribution in [2.24, 2.45) is 4.99 Å². The van der Waals surface area contributed by atoms with Gasteiger partial charge in [-0.05, 0) is 43.3 Å². The highest BCUT2D eigenvalue weighted by atomic mass is 32.2. The second-order valence-electron chi connectivity index (χ2n) is 5.64.